The fraction of sp³-hybridized carbons (Fsp3) is 0.346. The number of anilines is 1. The molecule has 1 fully saturated rings. The van der Waals surface area contributed by atoms with E-state index in [1.165, 1.54) is 24.1 Å². The maximum Gasteiger partial charge on any atom is 0.328 e. The molecule has 0 unspecified atom stereocenters. The first kappa shape index (κ1) is 25.8. The van der Waals surface area contributed by atoms with E-state index < -0.39 is 11.9 Å². The van der Waals surface area contributed by atoms with Crippen LogP contribution in [-0.2, 0) is 16.0 Å². The highest BCUT2D eigenvalue weighted by Crippen LogP contribution is 2.23. The molecule has 3 rings (SSSR count). The first-order valence-electron chi connectivity index (χ1n) is 11.0. The number of likely N-dealkylation sites (N-methyl/N-ethyl adjacent to an activating group) is 1. The third-order valence-electron chi connectivity index (χ3n) is 5.69. The summed E-state index contributed by atoms with van der Waals surface area (Å²) in [4.78, 5) is 35.5. The minimum Gasteiger partial charge on any atom is -0.478 e. The van der Waals surface area contributed by atoms with Gasteiger partial charge in [0.2, 0.25) is 0 Å². The molecule has 2 aromatic carbocycles. The zero-order chi connectivity index (χ0) is 24.2. The number of nitrogens with zero attached hydrogens (tertiary/aromatic N) is 2. The molecular weight excluding hydrogens is 420 g/mol. The third-order valence-corrected chi connectivity index (χ3v) is 5.69. The van der Waals surface area contributed by atoms with Gasteiger partial charge in [0.05, 0.1) is 0 Å². The van der Waals surface area contributed by atoms with Crippen molar-refractivity contribution in [3.8, 4) is 0 Å². The van der Waals surface area contributed by atoms with Crippen molar-refractivity contribution in [1.29, 1.82) is 0 Å². The number of carbonyl (C=O) groups excluding carboxylic acids is 1. The Morgan fingerprint density at radius 1 is 0.939 bits per heavy atom. The summed E-state index contributed by atoms with van der Waals surface area (Å²) in [5.74, 6) is -2.38. The molecule has 1 aliphatic heterocycles. The van der Waals surface area contributed by atoms with Gasteiger partial charge in [0.1, 0.15) is 0 Å². The second-order valence-corrected chi connectivity index (χ2v) is 8.05. The highest BCUT2D eigenvalue weighted by molar-refractivity contribution is 5.94. The van der Waals surface area contributed by atoms with Crippen molar-refractivity contribution in [3.63, 3.8) is 0 Å². The van der Waals surface area contributed by atoms with E-state index in [0.717, 1.165) is 31.6 Å². The van der Waals surface area contributed by atoms with E-state index in [1.807, 2.05) is 12.1 Å². The summed E-state index contributed by atoms with van der Waals surface area (Å²) in [5.41, 5.74) is 3.44. The summed E-state index contributed by atoms with van der Waals surface area (Å²) >= 11 is 0. The Labute approximate surface area is 195 Å². The predicted molar refractivity (Wildman–Crippen MR) is 129 cm³/mol. The number of piperidine rings is 1. The Morgan fingerprint density at radius 2 is 1.48 bits per heavy atom. The van der Waals surface area contributed by atoms with E-state index in [2.05, 4.69) is 59.3 Å². The Hall–Kier alpha value is -3.45. The summed E-state index contributed by atoms with van der Waals surface area (Å²) in [6.45, 7) is 4.90. The molecule has 0 amide bonds. The monoisotopic (exact) mass is 452 g/mol. The van der Waals surface area contributed by atoms with Crippen LogP contribution in [0.2, 0.25) is 0 Å². The van der Waals surface area contributed by atoms with Crippen molar-refractivity contribution in [2.75, 3.05) is 31.6 Å². The molecule has 0 aromatic heterocycles. The molecule has 1 saturated heterocycles. The van der Waals surface area contributed by atoms with Crippen LogP contribution in [0.4, 0.5) is 5.69 Å². The van der Waals surface area contributed by atoms with Gasteiger partial charge >= 0.3 is 11.9 Å². The van der Waals surface area contributed by atoms with Gasteiger partial charge in [0, 0.05) is 49.1 Å². The molecule has 7 nitrogen and oxygen atoms in total. The van der Waals surface area contributed by atoms with Gasteiger partial charge in [-0.3, -0.25) is 4.79 Å². The van der Waals surface area contributed by atoms with E-state index in [-0.39, 0.29) is 5.78 Å². The van der Waals surface area contributed by atoms with E-state index >= 15 is 0 Å². The summed E-state index contributed by atoms with van der Waals surface area (Å²) < 4.78 is 0. The van der Waals surface area contributed by atoms with Crippen molar-refractivity contribution in [2.24, 2.45) is 0 Å². The number of benzene rings is 2. The van der Waals surface area contributed by atoms with Crippen molar-refractivity contribution in [3.05, 3.63) is 77.9 Å². The highest BCUT2D eigenvalue weighted by Gasteiger charge is 2.22. The summed E-state index contributed by atoms with van der Waals surface area (Å²) in [6.07, 6.45) is 4.62. The molecule has 33 heavy (non-hydrogen) atoms. The van der Waals surface area contributed by atoms with E-state index in [4.69, 9.17) is 10.2 Å². The van der Waals surface area contributed by atoms with Crippen LogP contribution in [0.3, 0.4) is 0 Å². The van der Waals surface area contributed by atoms with Crippen LogP contribution >= 0.6 is 0 Å². The minimum atomic E-state index is -1.26. The topological polar surface area (TPSA) is 98.2 Å². The van der Waals surface area contributed by atoms with E-state index in [9.17, 15) is 14.4 Å². The second-order valence-electron chi connectivity index (χ2n) is 8.05. The lowest BCUT2D eigenvalue weighted by Crippen LogP contribution is -2.44. The lowest BCUT2D eigenvalue weighted by molar-refractivity contribution is -0.134. The van der Waals surface area contributed by atoms with Crippen LogP contribution in [0.5, 0.6) is 0 Å². The van der Waals surface area contributed by atoms with E-state index in [0.29, 0.717) is 18.2 Å². The Kier molecular flexibility index (Phi) is 10.3. The van der Waals surface area contributed by atoms with Gasteiger partial charge in [-0.05, 0) is 63.1 Å². The summed E-state index contributed by atoms with van der Waals surface area (Å²) in [6, 6.07) is 19.4. The lowest BCUT2D eigenvalue weighted by Gasteiger charge is -2.38. The molecule has 0 aliphatic carbocycles. The van der Waals surface area contributed by atoms with Gasteiger partial charge in [-0.25, -0.2) is 9.59 Å². The Bertz CT molecular complexity index is 917. The number of hydrogen-bond acceptors (Lipinski definition) is 5. The fourth-order valence-electron chi connectivity index (χ4n) is 3.75. The molecule has 0 atom stereocenters. The number of hydrogen-bond donors (Lipinski definition) is 2. The van der Waals surface area contributed by atoms with Crippen LogP contribution in [0, 0.1) is 0 Å². The van der Waals surface area contributed by atoms with Crippen molar-refractivity contribution in [2.45, 2.75) is 32.2 Å². The Balaban J connectivity index is 0.000000414. The van der Waals surface area contributed by atoms with Crippen LogP contribution in [0.25, 0.3) is 0 Å². The number of rotatable bonds is 8. The molecule has 0 radical (unpaired) electrons. The summed E-state index contributed by atoms with van der Waals surface area (Å²) in [7, 11) is 2.25. The molecule has 1 heterocycles. The molecule has 2 N–H and O–H groups in total. The quantitative estimate of drug-likeness (QED) is 0.465. The molecular formula is C26H32N2O5. The van der Waals surface area contributed by atoms with Crippen molar-refractivity contribution < 1.29 is 24.6 Å². The smallest absolute Gasteiger partial charge is 0.328 e. The highest BCUT2D eigenvalue weighted by atomic mass is 16.4. The molecule has 1 aliphatic rings. The number of carboxylic acid groups (broad SMARTS) is 2. The molecule has 0 saturated carbocycles. The van der Waals surface area contributed by atoms with Gasteiger partial charge in [0.15, 0.2) is 5.78 Å². The van der Waals surface area contributed by atoms with Gasteiger partial charge in [-0.1, -0.05) is 30.3 Å². The molecule has 0 spiro atoms. The normalized spacial score (nSPS) is 14.1. The first-order chi connectivity index (χ1) is 15.8. The van der Waals surface area contributed by atoms with Gasteiger partial charge in [-0.2, -0.15) is 0 Å². The predicted octanol–water partition coefficient (Wildman–Crippen LogP) is 3.74. The second kappa shape index (κ2) is 13.2. The van der Waals surface area contributed by atoms with Gasteiger partial charge < -0.3 is 20.0 Å². The van der Waals surface area contributed by atoms with Crippen LogP contribution in [-0.4, -0.2) is 65.6 Å². The fourth-order valence-corrected chi connectivity index (χ4v) is 3.75. The lowest BCUT2D eigenvalue weighted by atomic mass is 10.0. The molecule has 2 aromatic rings. The molecule has 176 valence electrons. The SMILES string of the molecule is CC(=O)c1ccc(N2CCC(N(C)CCc3ccccc3)CC2)cc1.O=C(O)C=CC(=O)O. The molecule has 7 heteroatoms. The van der Waals surface area contributed by atoms with Gasteiger partial charge in [0.25, 0.3) is 0 Å². The number of ketones is 1. The zero-order valence-corrected chi connectivity index (χ0v) is 19.2. The number of carbonyl (C=O) groups is 3. The third kappa shape index (κ3) is 9.29. The maximum atomic E-state index is 11.4. The summed E-state index contributed by atoms with van der Waals surface area (Å²) in [5, 5.41) is 15.6. The molecule has 0 bridgehead atoms. The average molecular weight is 453 g/mol. The zero-order valence-electron chi connectivity index (χ0n) is 19.2. The van der Waals surface area contributed by atoms with Crippen LogP contribution < -0.4 is 4.90 Å². The number of carboxylic acids is 2. The van der Waals surface area contributed by atoms with Crippen molar-refractivity contribution in [1.82, 2.24) is 4.90 Å². The van der Waals surface area contributed by atoms with Crippen molar-refractivity contribution >= 4 is 23.4 Å². The number of aliphatic carboxylic acids is 2. The largest absolute Gasteiger partial charge is 0.478 e. The van der Waals surface area contributed by atoms with Crippen LogP contribution in [0.15, 0.2) is 66.7 Å². The Morgan fingerprint density at radius 3 is 1.97 bits per heavy atom. The standard InChI is InChI=1S/C22H28N2O.C4H4O4/c1-18(25)20-8-10-22(11-9-20)24-16-13-21(14-17-24)23(2)15-12-19-6-4-3-5-7-19;5-3(6)1-2-4(7)8/h3-11,21H,12-17H2,1-2H3;1-2H,(H,5,6)(H,7,8). The van der Waals surface area contributed by atoms with Crippen LogP contribution in [0.1, 0.15) is 35.7 Å². The average Bonchev–Trinajstić information content (AvgIpc) is 2.82. The van der Waals surface area contributed by atoms with Gasteiger partial charge in [-0.15, -0.1) is 0 Å². The maximum absolute atomic E-state index is 11.4. The van der Waals surface area contributed by atoms with E-state index in [1.54, 1.807) is 6.92 Å². The number of Topliss-reactive ketones (excluding diaryl/α,β-unsaturated/α-hetero) is 1. The minimum absolute atomic E-state index is 0.130. The first-order valence-corrected chi connectivity index (χ1v) is 11.0.